The first-order chi connectivity index (χ1) is 12.0. The molecule has 1 aliphatic carbocycles. The highest BCUT2D eigenvalue weighted by Crippen LogP contribution is 2.30. The SMILES string of the molecule is Cc1ccc(C)c(OCC(=O)NC[C@@H]2C[C@@H]2NC(=O)c2cncs2)c1. The molecular formula is C18H21N3O3S. The summed E-state index contributed by atoms with van der Waals surface area (Å²) in [5, 5.41) is 5.81. The minimum Gasteiger partial charge on any atom is -0.483 e. The standard InChI is InChI=1S/C18H21N3O3S/c1-11-3-4-12(2)15(5-11)24-9-17(22)20-7-13-6-14(13)21-18(23)16-8-19-10-25-16/h3-5,8,10,13-14H,6-7,9H2,1-2H3,(H,20,22)(H,21,23)/t13-,14-/m0/s1. The summed E-state index contributed by atoms with van der Waals surface area (Å²) in [5.41, 5.74) is 3.74. The number of aromatic nitrogens is 1. The third-order valence-electron chi connectivity index (χ3n) is 4.16. The predicted octanol–water partition coefficient (Wildman–Crippen LogP) is 2.07. The zero-order valence-corrected chi connectivity index (χ0v) is 15.1. The first kappa shape index (κ1) is 17.4. The fraction of sp³-hybridized carbons (Fsp3) is 0.389. The van der Waals surface area contributed by atoms with Crippen LogP contribution in [-0.4, -0.2) is 36.0 Å². The molecule has 1 aliphatic rings. The summed E-state index contributed by atoms with van der Waals surface area (Å²) in [6.07, 6.45) is 2.44. The number of hydrogen-bond donors (Lipinski definition) is 2. The van der Waals surface area contributed by atoms with Crippen molar-refractivity contribution in [1.82, 2.24) is 15.6 Å². The van der Waals surface area contributed by atoms with Crippen molar-refractivity contribution >= 4 is 23.2 Å². The van der Waals surface area contributed by atoms with Gasteiger partial charge >= 0.3 is 0 Å². The van der Waals surface area contributed by atoms with Crippen LogP contribution in [0.4, 0.5) is 0 Å². The van der Waals surface area contributed by atoms with Crippen LogP contribution in [0.3, 0.4) is 0 Å². The summed E-state index contributed by atoms with van der Waals surface area (Å²) < 4.78 is 5.59. The summed E-state index contributed by atoms with van der Waals surface area (Å²) in [5.74, 6) is 0.762. The van der Waals surface area contributed by atoms with Crippen molar-refractivity contribution in [2.24, 2.45) is 5.92 Å². The number of hydrogen-bond acceptors (Lipinski definition) is 5. The van der Waals surface area contributed by atoms with E-state index in [0.717, 1.165) is 23.3 Å². The number of rotatable bonds is 7. The van der Waals surface area contributed by atoms with Gasteiger partial charge in [-0.05, 0) is 43.4 Å². The average molecular weight is 359 g/mol. The van der Waals surface area contributed by atoms with Crippen molar-refractivity contribution in [1.29, 1.82) is 0 Å². The Labute approximate surface area is 150 Å². The molecule has 2 atom stereocenters. The van der Waals surface area contributed by atoms with Crippen LogP contribution >= 0.6 is 11.3 Å². The van der Waals surface area contributed by atoms with Gasteiger partial charge in [-0.2, -0.15) is 0 Å². The van der Waals surface area contributed by atoms with E-state index in [4.69, 9.17) is 4.74 Å². The third kappa shape index (κ3) is 4.79. The molecule has 1 fully saturated rings. The Morgan fingerprint density at radius 2 is 2.20 bits per heavy atom. The summed E-state index contributed by atoms with van der Waals surface area (Å²) in [4.78, 5) is 28.3. The van der Waals surface area contributed by atoms with Crippen LogP contribution in [0.1, 0.15) is 27.2 Å². The zero-order valence-electron chi connectivity index (χ0n) is 14.2. The number of carbonyl (C=O) groups is 2. The highest BCUT2D eigenvalue weighted by atomic mass is 32.1. The van der Waals surface area contributed by atoms with Gasteiger partial charge < -0.3 is 15.4 Å². The molecule has 2 aromatic rings. The van der Waals surface area contributed by atoms with Gasteiger partial charge in [0.1, 0.15) is 10.6 Å². The maximum atomic E-state index is 11.9. The molecule has 1 saturated carbocycles. The Morgan fingerprint density at radius 1 is 1.36 bits per heavy atom. The maximum absolute atomic E-state index is 11.9. The number of thiazole rings is 1. The number of nitrogens with one attached hydrogen (secondary N) is 2. The first-order valence-electron chi connectivity index (χ1n) is 8.19. The van der Waals surface area contributed by atoms with Gasteiger partial charge in [0.15, 0.2) is 6.61 Å². The Hall–Kier alpha value is -2.41. The van der Waals surface area contributed by atoms with E-state index in [2.05, 4.69) is 15.6 Å². The number of benzene rings is 1. The van der Waals surface area contributed by atoms with Gasteiger partial charge in [0.05, 0.1) is 11.7 Å². The number of nitrogens with zero attached hydrogens (tertiary/aromatic N) is 1. The lowest BCUT2D eigenvalue weighted by molar-refractivity contribution is -0.123. The van der Waals surface area contributed by atoms with Crippen LogP contribution in [-0.2, 0) is 4.79 Å². The third-order valence-corrected chi connectivity index (χ3v) is 4.93. The number of aryl methyl sites for hydroxylation is 2. The van der Waals surface area contributed by atoms with Gasteiger partial charge in [-0.1, -0.05) is 12.1 Å². The summed E-state index contributed by atoms with van der Waals surface area (Å²) >= 11 is 1.32. The number of carbonyl (C=O) groups excluding carboxylic acids is 2. The minimum absolute atomic E-state index is 0.00506. The summed E-state index contributed by atoms with van der Waals surface area (Å²) in [6, 6.07) is 6.03. The zero-order chi connectivity index (χ0) is 17.8. The molecule has 1 aromatic carbocycles. The average Bonchev–Trinajstić information content (AvgIpc) is 3.09. The monoisotopic (exact) mass is 359 g/mol. The van der Waals surface area contributed by atoms with Crippen LogP contribution in [0.5, 0.6) is 5.75 Å². The molecule has 0 bridgehead atoms. The van der Waals surface area contributed by atoms with Gasteiger partial charge in [-0.25, -0.2) is 0 Å². The molecule has 6 nitrogen and oxygen atoms in total. The van der Waals surface area contributed by atoms with Crippen molar-refractivity contribution in [2.45, 2.75) is 26.3 Å². The molecule has 0 spiro atoms. The Balaban J connectivity index is 1.36. The highest BCUT2D eigenvalue weighted by Gasteiger charge is 2.38. The fourth-order valence-corrected chi connectivity index (χ4v) is 3.04. The molecule has 132 valence electrons. The minimum atomic E-state index is -0.152. The van der Waals surface area contributed by atoms with Crippen LogP contribution in [0, 0.1) is 19.8 Å². The molecular weight excluding hydrogens is 338 g/mol. The molecule has 2 N–H and O–H groups in total. The van der Waals surface area contributed by atoms with Crippen molar-refractivity contribution < 1.29 is 14.3 Å². The van der Waals surface area contributed by atoms with Crippen LogP contribution < -0.4 is 15.4 Å². The van der Waals surface area contributed by atoms with Gasteiger partial charge in [0.25, 0.3) is 11.8 Å². The smallest absolute Gasteiger partial charge is 0.263 e. The van der Waals surface area contributed by atoms with E-state index >= 15 is 0 Å². The summed E-state index contributed by atoms with van der Waals surface area (Å²) in [7, 11) is 0. The second kappa shape index (κ2) is 7.65. The molecule has 1 aromatic heterocycles. The van der Waals surface area contributed by atoms with Crippen molar-refractivity contribution in [3.8, 4) is 5.75 Å². The van der Waals surface area contributed by atoms with Crippen LogP contribution in [0.2, 0.25) is 0 Å². The number of ether oxygens (including phenoxy) is 1. The van der Waals surface area contributed by atoms with E-state index in [-0.39, 0.29) is 30.4 Å². The topological polar surface area (TPSA) is 80.3 Å². The molecule has 7 heteroatoms. The highest BCUT2D eigenvalue weighted by molar-refractivity contribution is 7.11. The Bertz CT molecular complexity index is 761. The van der Waals surface area contributed by atoms with E-state index in [1.807, 2.05) is 32.0 Å². The second-order valence-electron chi connectivity index (χ2n) is 6.30. The first-order valence-corrected chi connectivity index (χ1v) is 9.07. The van der Waals surface area contributed by atoms with E-state index in [1.165, 1.54) is 11.3 Å². The number of amides is 2. The molecule has 25 heavy (non-hydrogen) atoms. The van der Waals surface area contributed by atoms with Crippen molar-refractivity contribution in [2.75, 3.05) is 13.2 Å². The van der Waals surface area contributed by atoms with Gasteiger partial charge in [-0.3, -0.25) is 14.6 Å². The Morgan fingerprint density at radius 3 is 2.96 bits per heavy atom. The molecule has 0 aliphatic heterocycles. The largest absolute Gasteiger partial charge is 0.483 e. The quantitative estimate of drug-likeness (QED) is 0.793. The molecule has 0 radical (unpaired) electrons. The molecule has 3 rings (SSSR count). The van der Waals surface area contributed by atoms with Gasteiger partial charge in [0.2, 0.25) is 0 Å². The lowest BCUT2D eigenvalue weighted by Gasteiger charge is -2.10. The fourth-order valence-electron chi connectivity index (χ4n) is 2.52. The van der Waals surface area contributed by atoms with Crippen molar-refractivity contribution in [3.63, 3.8) is 0 Å². The second-order valence-corrected chi connectivity index (χ2v) is 7.19. The van der Waals surface area contributed by atoms with E-state index in [0.29, 0.717) is 11.4 Å². The summed E-state index contributed by atoms with van der Waals surface area (Å²) in [6.45, 7) is 4.48. The van der Waals surface area contributed by atoms with Crippen LogP contribution in [0.15, 0.2) is 29.9 Å². The van der Waals surface area contributed by atoms with Gasteiger partial charge in [-0.15, -0.1) is 11.3 Å². The molecule has 0 unspecified atom stereocenters. The Kier molecular flexibility index (Phi) is 5.33. The van der Waals surface area contributed by atoms with E-state index < -0.39 is 0 Å². The molecule has 2 amide bonds. The predicted molar refractivity (Wildman–Crippen MR) is 95.9 cm³/mol. The van der Waals surface area contributed by atoms with Crippen molar-refractivity contribution in [3.05, 3.63) is 45.9 Å². The van der Waals surface area contributed by atoms with Gasteiger partial charge in [0, 0.05) is 12.6 Å². The lowest BCUT2D eigenvalue weighted by Crippen LogP contribution is -2.33. The maximum Gasteiger partial charge on any atom is 0.263 e. The van der Waals surface area contributed by atoms with E-state index in [9.17, 15) is 9.59 Å². The van der Waals surface area contributed by atoms with E-state index in [1.54, 1.807) is 11.7 Å². The molecule has 0 saturated heterocycles. The molecule has 1 heterocycles. The van der Waals surface area contributed by atoms with Crippen LogP contribution in [0.25, 0.3) is 0 Å². The normalized spacial score (nSPS) is 18.5. The lowest BCUT2D eigenvalue weighted by atomic mass is 10.1.